The molecule has 0 aliphatic rings. The highest BCUT2D eigenvalue weighted by atomic mass is 19.3. The van der Waals surface area contributed by atoms with Gasteiger partial charge in [0.25, 0.3) is 0 Å². The molecule has 1 aromatic rings. The molecule has 0 spiro atoms. The van der Waals surface area contributed by atoms with Gasteiger partial charge in [-0.25, -0.2) is 0 Å². The highest BCUT2D eigenvalue weighted by Gasteiger charge is 2.26. The number of ether oxygens (including phenoxy) is 1. The molecule has 0 aliphatic heterocycles. The predicted octanol–water partition coefficient (Wildman–Crippen LogP) is 4.59. The van der Waals surface area contributed by atoms with Crippen LogP contribution in [-0.4, -0.2) is 6.11 Å². The summed E-state index contributed by atoms with van der Waals surface area (Å²) in [6, 6.07) is 3.49. The number of alkyl halides is 2. The summed E-state index contributed by atoms with van der Waals surface area (Å²) < 4.78 is 30.3. The van der Waals surface area contributed by atoms with E-state index in [1.165, 1.54) is 0 Å². The molecule has 0 unspecified atom stereocenters. The number of hydrogen-bond acceptors (Lipinski definition) is 1. The van der Waals surface area contributed by atoms with Gasteiger partial charge in [0.2, 0.25) is 0 Å². The fourth-order valence-corrected chi connectivity index (χ4v) is 1.91. The van der Waals surface area contributed by atoms with Crippen molar-refractivity contribution in [1.29, 1.82) is 0 Å². The van der Waals surface area contributed by atoms with Crippen LogP contribution in [0.2, 0.25) is 0 Å². The molecule has 0 heterocycles. The Kier molecular flexibility index (Phi) is 3.51. The van der Waals surface area contributed by atoms with Crippen molar-refractivity contribution in [3.05, 3.63) is 28.8 Å². The van der Waals surface area contributed by atoms with Gasteiger partial charge in [0, 0.05) is 6.92 Å². The average Bonchev–Trinajstić information content (AvgIpc) is 2.08. The number of benzene rings is 1. The van der Waals surface area contributed by atoms with Crippen LogP contribution in [0.4, 0.5) is 8.78 Å². The maximum absolute atomic E-state index is 12.8. The fourth-order valence-electron chi connectivity index (χ4n) is 1.91. The Labute approximate surface area is 102 Å². The summed E-state index contributed by atoms with van der Waals surface area (Å²) in [5.74, 6) is 0.253. The maximum Gasteiger partial charge on any atom is 0.394 e. The molecule has 0 N–H and O–H groups in total. The summed E-state index contributed by atoms with van der Waals surface area (Å²) in [5, 5.41) is 0. The van der Waals surface area contributed by atoms with E-state index in [0.29, 0.717) is 0 Å². The minimum Gasteiger partial charge on any atom is -0.432 e. The van der Waals surface area contributed by atoms with Crippen molar-refractivity contribution < 1.29 is 13.5 Å². The zero-order valence-electron chi connectivity index (χ0n) is 11.3. The molecule has 0 saturated heterocycles. The van der Waals surface area contributed by atoms with Crippen molar-refractivity contribution in [3.63, 3.8) is 0 Å². The first-order chi connectivity index (χ1) is 7.52. The summed E-state index contributed by atoms with van der Waals surface area (Å²) in [7, 11) is 0. The first-order valence-electron chi connectivity index (χ1n) is 5.70. The lowest BCUT2D eigenvalue weighted by Crippen LogP contribution is -2.21. The van der Waals surface area contributed by atoms with Gasteiger partial charge >= 0.3 is 6.11 Å². The zero-order chi connectivity index (χ0) is 13.4. The minimum absolute atomic E-state index is 0.00209. The molecule has 1 rings (SSSR count). The maximum atomic E-state index is 12.8. The molecule has 17 heavy (non-hydrogen) atoms. The summed E-state index contributed by atoms with van der Waals surface area (Å²) in [5.41, 5.74) is 2.95. The van der Waals surface area contributed by atoms with Crippen molar-refractivity contribution in [2.75, 3.05) is 0 Å². The van der Waals surface area contributed by atoms with Crippen LogP contribution in [0, 0.1) is 13.8 Å². The number of hydrogen-bond donors (Lipinski definition) is 0. The van der Waals surface area contributed by atoms with E-state index in [1.807, 2.05) is 19.9 Å². The van der Waals surface area contributed by atoms with Gasteiger partial charge < -0.3 is 4.74 Å². The average molecular weight is 242 g/mol. The van der Waals surface area contributed by atoms with E-state index in [1.54, 1.807) is 6.07 Å². The third-order valence-corrected chi connectivity index (χ3v) is 2.83. The lowest BCUT2D eigenvalue weighted by molar-refractivity contribution is -0.159. The first kappa shape index (κ1) is 13.9. The molecule has 0 amide bonds. The number of rotatable bonds is 2. The van der Waals surface area contributed by atoms with Crippen molar-refractivity contribution in [3.8, 4) is 5.75 Å². The van der Waals surface area contributed by atoms with E-state index in [-0.39, 0.29) is 11.2 Å². The van der Waals surface area contributed by atoms with Crippen LogP contribution in [-0.2, 0) is 5.41 Å². The van der Waals surface area contributed by atoms with Crippen LogP contribution < -0.4 is 4.74 Å². The Morgan fingerprint density at radius 1 is 0.941 bits per heavy atom. The van der Waals surface area contributed by atoms with Crippen LogP contribution in [0.3, 0.4) is 0 Å². The fraction of sp³-hybridized carbons (Fsp3) is 0.571. The molecule has 0 bridgehead atoms. The van der Waals surface area contributed by atoms with Crippen LogP contribution in [0.25, 0.3) is 0 Å². The molecular weight excluding hydrogens is 222 g/mol. The molecule has 96 valence electrons. The highest BCUT2D eigenvalue weighted by Crippen LogP contribution is 2.33. The smallest absolute Gasteiger partial charge is 0.394 e. The molecule has 0 radical (unpaired) electrons. The molecule has 0 aliphatic carbocycles. The third-order valence-electron chi connectivity index (χ3n) is 2.83. The van der Waals surface area contributed by atoms with Crippen molar-refractivity contribution in [1.82, 2.24) is 0 Å². The quantitative estimate of drug-likeness (QED) is 0.736. The molecule has 3 heteroatoms. The lowest BCUT2D eigenvalue weighted by Gasteiger charge is -2.25. The highest BCUT2D eigenvalue weighted by molar-refractivity contribution is 5.46. The number of halogens is 2. The van der Waals surface area contributed by atoms with Crippen LogP contribution in [0.1, 0.15) is 44.4 Å². The Morgan fingerprint density at radius 3 is 1.88 bits per heavy atom. The first-order valence-corrected chi connectivity index (χ1v) is 5.70. The van der Waals surface area contributed by atoms with Gasteiger partial charge in [0.05, 0.1) is 0 Å². The van der Waals surface area contributed by atoms with E-state index in [4.69, 9.17) is 0 Å². The molecule has 0 aromatic heterocycles. The van der Waals surface area contributed by atoms with Crippen molar-refractivity contribution in [2.24, 2.45) is 0 Å². The SMILES string of the molecule is Cc1c(OC(C)(F)F)ccc(C(C)(C)C)c1C. The van der Waals surface area contributed by atoms with Crippen LogP contribution in [0.5, 0.6) is 5.75 Å². The second-order valence-electron chi connectivity index (χ2n) is 5.52. The van der Waals surface area contributed by atoms with E-state index in [0.717, 1.165) is 23.6 Å². The molecule has 1 aromatic carbocycles. The lowest BCUT2D eigenvalue weighted by atomic mass is 9.82. The van der Waals surface area contributed by atoms with E-state index in [9.17, 15) is 8.78 Å². The van der Waals surface area contributed by atoms with Crippen molar-refractivity contribution in [2.45, 2.75) is 53.1 Å². The second kappa shape index (κ2) is 4.28. The minimum atomic E-state index is -3.14. The zero-order valence-corrected chi connectivity index (χ0v) is 11.3. The Morgan fingerprint density at radius 2 is 1.47 bits per heavy atom. The molecule has 0 fully saturated rings. The molecule has 0 saturated carbocycles. The van der Waals surface area contributed by atoms with Gasteiger partial charge in [-0.15, -0.1) is 0 Å². The molecule has 1 nitrogen and oxygen atoms in total. The van der Waals surface area contributed by atoms with E-state index >= 15 is 0 Å². The third kappa shape index (κ3) is 3.42. The monoisotopic (exact) mass is 242 g/mol. The topological polar surface area (TPSA) is 9.23 Å². The van der Waals surface area contributed by atoms with Gasteiger partial charge in [0.15, 0.2) is 0 Å². The van der Waals surface area contributed by atoms with Gasteiger partial charge in [-0.05, 0) is 42.0 Å². The van der Waals surface area contributed by atoms with Crippen LogP contribution >= 0.6 is 0 Å². The van der Waals surface area contributed by atoms with Crippen LogP contribution in [0.15, 0.2) is 12.1 Å². The summed E-state index contributed by atoms with van der Waals surface area (Å²) >= 11 is 0. The molecule has 0 atom stereocenters. The summed E-state index contributed by atoms with van der Waals surface area (Å²) in [6.07, 6.45) is -3.14. The van der Waals surface area contributed by atoms with Gasteiger partial charge in [-0.3, -0.25) is 0 Å². The summed E-state index contributed by atoms with van der Waals surface area (Å²) in [4.78, 5) is 0. The normalized spacial score (nSPS) is 12.7. The molecular formula is C14H20F2O. The van der Waals surface area contributed by atoms with E-state index in [2.05, 4.69) is 25.5 Å². The van der Waals surface area contributed by atoms with Gasteiger partial charge in [-0.2, -0.15) is 8.78 Å². The largest absolute Gasteiger partial charge is 0.432 e. The standard InChI is InChI=1S/C14H20F2O/c1-9-10(2)12(17-14(6,15)16)8-7-11(9)13(3,4)5/h7-8H,1-6H3. The Hall–Kier alpha value is -1.12. The second-order valence-corrected chi connectivity index (χ2v) is 5.52. The Bertz CT molecular complexity index is 411. The van der Waals surface area contributed by atoms with Gasteiger partial charge in [-0.1, -0.05) is 26.8 Å². The van der Waals surface area contributed by atoms with E-state index < -0.39 is 6.11 Å². The van der Waals surface area contributed by atoms with Gasteiger partial charge in [0.1, 0.15) is 5.75 Å². The van der Waals surface area contributed by atoms with Crippen molar-refractivity contribution >= 4 is 0 Å². The summed E-state index contributed by atoms with van der Waals surface area (Å²) in [6.45, 7) is 10.8. The Balaban J connectivity index is 3.21. The predicted molar refractivity (Wildman–Crippen MR) is 65.9 cm³/mol.